The van der Waals surface area contributed by atoms with E-state index in [4.69, 9.17) is 9.84 Å². The first-order valence-corrected chi connectivity index (χ1v) is 10.8. The molecule has 0 aliphatic carbocycles. The molecule has 6 heteroatoms. The summed E-state index contributed by atoms with van der Waals surface area (Å²) < 4.78 is 7.18. The molecule has 1 aliphatic rings. The Bertz CT molecular complexity index is 1040. The van der Waals surface area contributed by atoms with Gasteiger partial charge in [0.05, 0.1) is 18.4 Å². The predicted octanol–water partition coefficient (Wildman–Crippen LogP) is 4.02. The van der Waals surface area contributed by atoms with Crippen LogP contribution in [-0.4, -0.2) is 65.8 Å². The number of amides is 1. The lowest BCUT2D eigenvalue weighted by molar-refractivity contribution is 0.0783. The molecular weight excluding hydrogens is 388 g/mol. The van der Waals surface area contributed by atoms with Crippen molar-refractivity contribution < 1.29 is 9.53 Å². The molecule has 2 heterocycles. The van der Waals surface area contributed by atoms with Crippen LogP contribution in [0.25, 0.3) is 16.9 Å². The van der Waals surface area contributed by atoms with E-state index >= 15 is 0 Å². The molecule has 0 unspecified atom stereocenters. The number of benzene rings is 2. The van der Waals surface area contributed by atoms with Gasteiger partial charge in [-0.2, -0.15) is 5.10 Å². The van der Waals surface area contributed by atoms with Crippen LogP contribution < -0.4 is 4.74 Å². The Labute approximate surface area is 184 Å². The summed E-state index contributed by atoms with van der Waals surface area (Å²) in [6.45, 7) is 5.92. The summed E-state index contributed by atoms with van der Waals surface area (Å²) in [6.07, 6.45) is 4.34. The van der Waals surface area contributed by atoms with Crippen LogP contribution in [0.2, 0.25) is 0 Å². The van der Waals surface area contributed by atoms with Crippen LogP contribution in [0.5, 0.6) is 5.75 Å². The summed E-state index contributed by atoms with van der Waals surface area (Å²) >= 11 is 0. The number of rotatable bonds is 7. The average molecular weight is 419 g/mol. The van der Waals surface area contributed by atoms with Crippen molar-refractivity contribution in [1.82, 2.24) is 19.6 Å². The Kier molecular flexibility index (Phi) is 6.37. The Morgan fingerprint density at radius 1 is 1.13 bits per heavy atom. The van der Waals surface area contributed by atoms with E-state index in [1.54, 1.807) is 16.7 Å². The number of likely N-dealkylation sites (N-methyl/N-ethyl adjacent to an activating group) is 1. The second kappa shape index (κ2) is 9.35. The maximum absolute atomic E-state index is 13.4. The van der Waals surface area contributed by atoms with Crippen LogP contribution in [0, 0.1) is 6.92 Å². The molecule has 3 aromatic rings. The number of methoxy groups -OCH3 is 1. The molecule has 31 heavy (non-hydrogen) atoms. The van der Waals surface area contributed by atoms with Crippen LogP contribution >= 0.6 is 0 Å². The van der Waals surface area contributed by atoms with Crippen molar-refractivity contribution in [3.05, 3.63) is 65.9 Å². The highest BCUT2D eigenvalue weighted by Crippen LogP contribution is 2.28. The first-order chi connectivity index (χ1) is 15.0. The van der Waals surface area contributed by atoms with Crippen LogP contribution in [0.4, 0.5) is 0 Å². The Morgan fingerprint density at radius 3 is 2.58 bits per heavy atom. The molecule has 162 valence electrons. The molecule has 4 rings (SSSR count). The third-order valence-electron chi connectivity index (χ3n) is 5.88. The fourth-order valence-electron chi connectivity index (χ4n) is 3.95. The number of nitrogens with zero attached hydrogens (tertiary/aromatic N) is 4. The zero-order valence-electron chi connectivity index (χ0n) is 18.5. The smallest absolute Gasteiger partial charge is 0.257 e. The Hall–Kier alpha value is -3.12. The lowest BCUT2D eigenvalue weighted by Crippen LogP contribution is -2.35. The van der Waals surface area contributed by atoms with Crippen molar-refractivity contribution >= 4 is 5.91 Å². The van der Waals surface area contributed by atoms with E-state index in [2.05, 4.69) is 11.8 Å². The van der Waals surface area contributed by atoms with Crippen molar-refractivity contribution in [2.75, 3.05) is 40.3 Å². The number of ether oxygens (including phenoxy) is 1. The number of likely N-dealkylation sites (tertiary alicyclic amines) is 1. The topological polar surface area (TPSA) is 50.6 Å². The molecule has 1 amide bonds. The van der Waals surface area contributed by atoms with Crippen molar-refractivity contribution in [3.8, 4) is 22.7 Å². The lowest BCUT2D eigenvalue weighted by Gasteiger charge is -2.21. The van der Waals surface area contributed by atoms with Crippen LogP contribution in [0.1, 0.15) is 28.8 Å². The first kappa shape index (κ1) is 21.1. The fraction of sp³-hybridized carbons (Fsp3) is 0.360. The molecule has 0 N–H and O–H groups in total. The number of hydrogen-bond donors (Lipinski definition) is 0. The second-order valence-electron chi connectivity index (χ2n) is 8.18. The van der Waals surface area contributed by atoms with Gasteiger partial charge in [-0.05, 0) is 57.1 Å². The summed E-state index contributed by atoms with van der Waals surface area (Å²) in [4.78, 5) is 17.6. The largest absolute Gasteiger partial charge is 0.497 e. The van der Waals surface area contributed by atoms with Gasteiger partial charge in [-0.25, -0.2) is 4.68 Å². The van der Waals surface area contributed by atoms with Crippen molar-refractivity contribution in [2.45, 2.75) is 19.8 Å². The van der Waals surface area contributed by atoms with E-state index in [-0.39, 0.29) is 5.91 Å². The van der Waals surface area contributed by atoms with Gasteiger partial charge in [0.25, 0.3) is 5.91 Å². The zero-order valence-corrected chi connectivity index (χ0v) is 18.5. The number of carbonyl (C=O) groups excluding carboxylic acids is 1. The number of carbonyl (C=O) groups is 1. The Balaban J connectivity index is 1.66. The first-order valence-electron chi connectivity index (χ1n) is 10.8. The molecule has 0 spiro atoms. The summed E-state index contributed by atoms with van der Waals surface area (Å²) in [5, 5.41) is 4.80. The quantitative estimate of drug-likeness (QED) is 0.581. The van der Waals surface area contributed by atoms with E-state index in [9.17, 15) is 4.79 Å². The monoisotopic (exact) mass is 418 g/mol. The third-order valence-corrected chi connectivity index (χ3v) is 5.88. The highest BCUT2D eigenvalue weighted by molar-refractivity contribution is 5.99. The third kappa shape index (κ3) is 4.80. The van der Waals surface area contributed by atoms with Gasteiger partial charge in [0, 0.05) is 31.9 Å². The average Bonchev–Trinajstić information content (AvgIpc) is 3.48. The van der Waals surface area contributed by atoms with Gasteiger partial charge < -0.3 is 14.5 Å². The molecule has 0 saturated carbocycles. The predicted molar refractivity (Wildman–Crippen MR) is 123 cm³/mol. The van der Waals surface area contributed by atoms with E-state index in [1.165, 1.54) is 18.4 Å². The zero-order chi connectivity index (χ0) is 21.8. The maximum atomic E-state index is 13.4. The molecule has 1 aromatic heterocycles. The van der Waals surface area contributed by atoms with Gasteiger partial charge in [-0.15, -0.1) is 0 Å². The molecule has 1 saturated heterocycles. The van der Waals surface area contributed by atoms with Crippen LogP contribution in [0.3, 0.4) is 0 Å². The van der Waals surface area contributed by atoms with Gasteiger partial charge in [0.1, 0.15) is 11.4 Å². The molecular formula is C25H30N4O2. The standard InChI is InChI=1S/C25H30N4O2/c1-19-9-11-21(12-10-19)29-18-23(24(26-29)20-7-6-8-22(17-20)31-3)25(30)27(2)15-16-28-13-4-5-14-28/h6-12,17-18H,4-5,13-16H2,1-3H3. The van der Waals surface area contributed by atoms with E-state index in [0.717, 1.165) is 36.6 Å². The summed E-state index contributed by atoms with van der Waals surface area (Å²) in [7, 11) is 3.51. The number of aromatic nitrogens is 2. The maximum Gasteiger partial charge on any atom is 0.257 e. The highest BCUT2D eigenvalue weighted by Gasteiger charge is 2.23. The fourth-order valence-corrected chi connectivity index (χ4v) is 3.95. The summed E-state index contributed by atoms with van der Waals surface area (Å²) in [5.74, 6) is 0.721. The van der Waals surface area contributed by atoms with Crippen molar-refractivity contribution in [2.24, 2.45) is 0 Å². The summed E-state index contributed by atoms with van der Waals surface area (Å²) in [5.41, 5.74) is 4.23. The van der Waals surface area contributed by atoms with Gasteiger partial charge in [-0.3, -0.25) is 4.79 Å². The van der Waals surface area contributed by atoms with Gasteiger partial charge in [0.15, 0.2) is 0 Å². The molecule has 2 aromatic carbocycles. The lowest BCUT2D eigenvalue weighted by atomic mass is 10.1. The van der Waals surface area contributed by atoms with E-state index < -0.39 is 0 Å². The van der Waals surface area contributed by atoms with E-state index in [1.807, 2.05) is 61.8 Å². The van der Waals surface area contributed by atoms with Crippen LogP contribution in [-0.2, 0) is 0 Å². The van der Waals surface area contributed by atoms with Crippen LogP contribution in [0.15, 0.2) is 54.7 Å². The SMILES string of the molecule is COc1cccc(-c2nn(-c3ccc(C)cc3)cc2C(=O)N(C)CCN2CCCC2)c1. The number of aryl methyl sites for hydroxylation is 1. The van der Waals surface area contributed by atoms with Gasteiger partial charge >= 0.3 is 0 Å². The minimum atomic E-state index is -0.0182. The normalized spacial score (nSPS) is 14.0. The van der Waals surface area contributed by atoms with Crippen molar-refractivity contribution in [1.29, 1.82) is 0 Å². The van der Waals surface area contributed by atoms with Gasteiger partial charge in [0.2, 0.25) is 0 Å². The van der Waals surface area contributed by atoms with Crippen molar-refractivity contribution in [3.63, 3.8) is 0 Å². The molecule has 0 bridgehead atoms. The molecule has 0 atom stereocenters. The molecule has 1 aliphatic heterocycles. The molecule has 0 radical (unpaired) electrons. The molecule has 1 fully saturated rings. The molecule has 6 nitrogen and oxygen atoms in total. The van der Waals surface area contributed by atoms with E-state index in [0.29, 0.717) is 17.8 Å². The van der Waals surface area contributed by atoms with Gasteiger partial charge in [-0.1, -0.05) is 29.8 Å². The Morgan fingerprint density at radius 2 is 1.87 bits per heavy atom. The summed E-state index contributed by atoms with van der Waals surface area (Å²) in [6, 6.07) is 15.8. The minimum Gasteiger partial charge on any atom is -0.497 e. The highest BCUT2D eigenvalue weighted by atomic mass is 16.5. The number of hydrogen-bond acceptors (Lipinski definition) is 4. The minimum absolute atomic E-state index is 0.0182. The second-order valence-corrected chi connectivity index (χ2v) is 8.18.